The van der Waals surface area contributed by atoms with Crippen molar-refractivity contribution in [2.75, 3.05) is 0 Å². The standard InChI is InChI=1S/C19H19N5OS2/c1-9-5-7-13(8-6-9)16-22-19(24-23-16)27-12(4)15-20-17(25)14-10(2)11(3)26-18(14)21-15/h5-8,12H,1-4H3,(H,20,21,25)(H,22,23,24)/t12-/m1/s1. The molecule has 0 bridgehead atoms. The summed E-state index contributed by atoms with van der Waals surface area (Å²) in [5.41, 5.74) is 3.11. The van der Waals surface area contributed by atoms with Gasteiger partial charge in [-0.1, -0.05) is 41.6 Å². The Hall–Kier alpha value is -2.45. The Morgan fingerprint density at radius 2 is 1.85 bits per heavy atom. The molecule has 4 rings (SSSR count). The number of thiophene rings is 1. The number of aryl methyl sites for hydroxylation is 3. The van der Waals surface area contributed by atoms with Crippen LogP contribution in [0.3, 0.4) is 0 Å². The lowest BCUT2D eigenvalue weighted by Crippen LogP contribution is -2.12. The van der Waals surface area contributed by atoms with Gasteiger partial charge in [-0.3, -0.25) is 9.89 Å². The van der Waals surface area contributed by atoms with Crippen LogP contribution < -0.4 is 5.56 Å². The van der Waals surface area contributed by atoms with Crippen LogP contribution in [0.4, 0.5) is 0 Å². The molecule has 6 nitrogen and oxygen atoms in total. The first kappa shape index (κ1) is 17.9. The molecule has 1 aromatic carbocycles. The van der Waals surface area contributed by atoms with Crippen molar-refractivity contribution in [3.8, 4) is 11.4 Å². The summed E-state index contributed by atoms with van der Waals surface area (Å²) in [6, 6.07) is 8.12. The predicted octanol–water partition coefficient (Wildman–Crippen LogP) is 4.55. The number of nitrogens with one attached hydrogen (secondary N) is 2. The number of nitrogens with zero attached hydrogens (tertiary/aromatic N) is 3. The number of benzene rings is 1. The van der Waals surface area contributed by atoms with E-state index in [1.54, 1.807) is 11.3 Å². The summed E-state index contributed by atoms with van der Waals surface area (Å²) in [4.78, 5) is 26.5. The van der Waals surface area contributed by atoms with E-state index in [0.29, 0.717) is 16.4 Å². The van der Waals surface area contributed by atoms with Crippen molar-refractivity contribution in [3.05, 3.63) is 56.4 Å². The van der Waals surface area contributed by atoms with Crippen LogP contribution in [0.5, 0.6) is 0 Å². The summed E-state index contributed by atoms with van der Waals surface area (Å²) < 4.78 is 0. The maximum atomic E-state index is 12.5. The number of fused-ring (bicyclic) bond motifs is 1. The zero-order valence-electron chi connectivity index (χ0n) is 15.5. The normalized spacial score (nSPS) is 12.6. The Labute approximate surface area is 164 Å². The molecule has 0 spiro atoms. The third-order valence-electron chi connectivity index (χ3n) is 4.51. The molecule has 1 atom stereocenters. The Kier molecular flexibility index (Phi) is 4.61. The zero-order valence-corrected chi connectivity index (χ0v) is 17.1. The highest BCUT2D eigenvalue weighted by Crippen LogP contribution is 2.33. The summed E-state index contributed by atoms with van der Waals surface area (Å²) in [7, 11) is 0. The molecular formula is C19H19N5OS2. The van der Waals surface area contributed by atoms with Gasteiger partial charge in [0, 0.05) is 10.4 Å². The molecule has 0 radical (unpaired) electrons. The van der Waals surface area contributed by atoms with Gasteiger partial charge in [0.15, 0.2) is 5.82 Å². The highest BCUT2D eigenvalue weighted by molar-refractivity contribution is 7.99. The quantitative estimate of drug-likeness (QED) is 0.493. The monoisotopic (exact) mass is 397 g/mol. The zero-order chi connectivity index (χ0) is 19.1. The summed E-state index contributed by atoms with van der Waals surface area (Å²) in [6.07, 6.45) is 0. The highest BCUT2D eigenvalue weighted by atomic mass is 32.2. The van der Waals surface area contributed by atoms with Gasteiger partial charge >= 0.3 is 0 Å². The molecule has 4 aromatic rings. The minimum Gasteiger partial charge on any atom is -0.309 e. The van der Waals surface area contributed by atoms with Crippen LogP contribution in [0, 0.1) is 20.8 Å². The van der Waals surface area contributed by atoms with E-state index in [-0.39, 0.29) is 10.8 Å². The van der Waals surface area contributed by atoms with Gasteiger partial charge in [0.2, 0.25) is 5.16 Å². The second kappa shape index (κ2) is 6.94. The van der Waals surface area contributed by atoms with E-state index in [0.717, 1.165) is 26.7 Å². The molecule has 0 aliphatic carbocycles. The fourth-order valence-corrected chi connectivity index (χ4v) is 4.64. The van der Waals surface area contributed by atoms with Gasteiger partial charge in [0.05, 0.1) is 10.6 Å². The maximum absolute atomic E-state index is 12.5. The molecule has 0 saturated heterocycles. The molecule has 138 valence electrons. The van der Waals surface area contributed by atoms with Crippen molar-refractivity contribution in [3.63, 3.8) is 0 Å². The molecule has 0 saturated carbocycles. The van der Waals surface area contributed by atoms with Gasteiger partial charge in [-0.2, -0.15) is 0 Å². The van der Waals surface area contributed by atoms with Crippen LogP contribution in [-0.2, 0) is 0 Å². The molecule has 2 N–H and O–H groups in total. The molecule has 3 heterocycles. The van der Waals surface area contributed by atoms with Crippen LogP contribution in [-0.4, -0.2) is 25.1 Å². The van der Waals surface area contributed by atoms with Crippen LogP contribution in [0.15, 0.2) is 34.2 Å². The van der Waals surface area contributed by atoms with E-state index in [4.69, 9.17) is 0 Å². The van der Waals surface area contributed by atoms with Crippen molar-refractivity contribution < 1.29 is 0 Å². The van der Waals surface area contributed by atoms with Gasteiger partial charge in [-0.15, -0.1) is 16.4 Å². The SMILES string of the molecule is Cc1ccc(-c2nc(S[C@H](C)c3nc4sc(C)c(C)c4c(=O)[nH]3)n[nH]2)cc1. The van der Waals surface area contributed by atoms with Crippen molar-refractivity contribution in [1.29, 1.82) is 0 Å². The van der Waals surface area contributed by atoms with Crippen molar-refractivity contribution in [2.45, 2.75) is 38.1 Å². The summed E-state index contributed by atoms with van der Waals surface area (Å²) in [5.74, 6) is 1.37. The molecule has 27 heavy (non-hydrogen) atoms. The third kappa shape index (κ3) is 3.42. The molecule has 0 amide bonds. The first-order valence-corrected chi connectivity index (χ1v) is 10.3. The van der Waals surface area contributed by atoms with Crippen molar-refractivity contribution >= 4 is 33.3 Å². The summed E-state index contributed by atoms with van der Waals surface area (Å²) in [6.45, 7) is 8.01. The van der Waals surface area contributed by atoms with E-state index in [1.165, 1.54) is 17.3 Å². The lowest BCUT2D eigenvalue weighted by atomic mass is 10.1. The number of hydrogen-bond donors (Lipinski definition) is 2. The number of hydrogen-bond acceptors (Lipinski definition) is 6. The second-order valence-corrected chi connectivity index (χ2v) is 9.02. The van der Waals surface area contributed by atoms with Crippen LogP contribution in [0.2, 0.25) is 0 Å². The van der Waals surface area contributed by atoms with Gasteiger partial charge < -0.3 is 4.98 Å². The fraction of sp³-hybridized carbons (Fsp3) is 0.263. The molecule has 0 unspecified atom stereocenters. The third-order valence-corrected chi connectivity index (χ3v) is 6.59. The Morgan fingerprint density at radius 1 is 1.11 bits per heavy atom. The molecular weight excluding hydrogens is 378 g/mol. The van der Waals surface area contributed by atoms with E-state index in [2.05, 4.69) is 25.1 Å². The Balaban J connectivity index is 1.59. The van der Waals surface area contributed by atoms with E-state index in [9.17, 15) is 4.79 Å². The average Bonchev–Trinajstić information content (AvgIpc) is 3.20. The minimum atomic E-state index is -0.0837. The van der Waals surface area contributed by atoms with Crippen molar-refractivity contribution in [1.82, 2.24) is 25.1 Å². The number of aromatic nitrogens is 5. The molecule has 0 fully saturated rings. The second-order valence-electron chi connectivity index (χ2n) is 6.51. The van der Waals surface area contributed by atoms with Crippen LogP contribution in [0.25, 0.3) is 21.6 Å². The topological polar surface area (TPSA) is 87.3 Å². The van der Waals surface area contributed by atoms with Crippen LogP contribution in [0.1, 0.15) is 34.0 Å². The van der Waals surface area contributed by atoms with Crippen molar-refractivity contribution in [2.24, 2.45) is 0 Å². The maximum Gasteiger partial charge on any atom is 0.259 e. The smallest absolute Gasteiger partial charge is 0.259 e. The first-order valence-electron chi connectivity index (χ1n) is 8.58. The first-order chi connectivity index (χ1) is 12.9. The van der Waals surface area contributed by atoms with Gasteiger partial charge in [0.1, 0.15) is 10.7 Å². The number of H-pyrrole nitrogens is 2. The average molecular weight is 398 g/mol. The Morgan fingerprint density at radius 3 is 2.59 bits per heavy atom. The lowest BCUT2D eigenvalue weighted by molar-refractivity contribution is 0.906. The van der Waals surface area contributed by atoms with Gasteiger partial charge in [0.25, 0.3) is 5.56 Å². The molecule has 0 aliphatic rings. The van der Waals surface area contributed by atoms with E-state index >= 15 is 0 Å². The number of thioether (sulfide) groups is 1. The number of aromatic amines is 2. The molecule has 0 aliphatic heterocycles. The fourth-order valence-electron chi connectivity index (χ4n) is 2.82. The van der Waals surface area contributed by atoms with E-state index < -0.39 is 0 Å². The van der Waals surface area contributed by atoms with Gasteiger partial charge in [-0.05, 0) is 33.3 Å². The highest BCUT2D eigenvalue weighted by Gasteiger charge is 2.18. The summed E-state index contributed by atoms with van der Waals surface area (Å²) in [5, 5.41) is 8.51. The van der Waals surface area contributed by atoms with Crippen LogP contribution >= 0.6 is 23.1 Å². The summed E-state index contributed by atoms with van der Waals surface area (Å²) >= 11 is 3.02. The Bertz CT molecular complexity index is 1170. The van der Waals surface area contributed by atoms with E-state index in [1.807, 2.05) is 52.0 Å². The van der Waals surface area contributed by atoms with Gasteiger partial charge in [-0.25, -0.2) is 9.97 Å². The molecule has 3 aromatic heterocycles. The number of rotatable bonds is 4. The minimum absolute atomic E-state index is 0.0773. The predicted molar refractivity (Wildman–Crippen MR) is 111 cm³/mol. The largest absolute Gasteiger partial charge is 0.309 e. The molecule has 8 heteroatoms. The lowest BCUT2D eigenvalue weighted by Gasteiger charge is -2.07.